The molecule has 2 aromatic heterocycles. The average molecular weight is 381 g/mol. The van der Waals surface area contributed by atoms with Crippen molar-refractivity contribution in [3.63, 3.8) is 0 Å². The number of amides is 3. The third-order valence-corrected chi connectivity index (χ3v) is 4.41. The van der Waals surface area contributed by atoms with Crippen molar-refractivity contribution in [1.82, 2.24) is 15.3 Å². The lowest BCUT2D eigenvalue weighted by Crippen LogP contribution is -2.24. The maximum atomic E-state index is 12.0. The van der Waals surface area contributed by atoms with E-state index >= 15 is 0 Å². The van der Waals surface area contributed by atoms with Gasteiger partial charge in [0.15, 0.2) is 5.13 Å². The Morgan fingerprint density at radius 2 is 2.04 bits per heavy atom. The molecule has 3 amide bonds. The average Bonchev–Trinajstić information content (AvgIpc) is 3.07. The third-order valence-electron chi connectivity index (χ3n) is 3.60. The molecule has 8 heteroatoms. The normalized spacial score (nSPS) is 10.3. The fourth-order valence-electron chi connectivity index (χ4n) is 2.36. The summed E-state index contributed by atoms with van der Waals surface area (Å²) in [6, 6.07) is 10.9. The fraction of sp³-hybridized carbons (Fsp3) is 0.158. The summed E-state index contributed by atoms with van der Waals surface area (Å²) in [5, 5.41) is 10.4. The molecule has 0 saturated carbocycles. The highest BCUT2D eigenvalue weighted by Gasteiger charge is 2.10. The molecule has 0 fully saturated rings. The number of thiazole rings is 1. The molecular formula is C19H19N5O2S. The van der Waals surface area contributed by atoms with Crippen LogP contribution in [-0.2, 0) is 17.8 Å². The number of hydrogen-bond acceptors (Lipinski definition) is 5. The van der Waals surface area contributed by atoms with E-state index in [1.165, 1.54) is 11.3 Å². The van der Waals surface area contributed by atoms with Crippen molar-refractivity contribution in [3.8, 4) is 0 Å². The summed E-state index contributed by atoms with van der Waals surface area (Å²) in [6.07, 6.45) is 3.54. The second-order valence-electron chi connectivity index (χ2n) is 5.91. The number of aryl methyl sites for hydroxylation is 1. The van der Waals surface area contributed by atoms with E-state index in [1.807, 2.05) is 43.3 Å². The molecule has 3 rings (SSSR count). The van der Waals surface area contributed by atoms with Crippen LogP contribution in [0.25, 0.3) is 0 Å². The van der Waals surface area contributed by atoms with E-state index in [0.29, 0.717) is 23.1 Å². The number of urea groups is 1. The first-order chi connectivity index (χ1) is 13.1. The van der Waals surface area contributed by atoms with Crippen LogP contribution in [0.5, 0.6) is 0 Å². The van der Waals surface area contributed by atoms with Crippen LogP contribution in [0.1, 0.15) is 16.8 Å². The van der Waals surface area contributed by atoms with Gasteiger partial charge in [-0.15, -0.1) is 11.3 Å². The van der Waals surface area contributed by atoms with Crippen LogP contribution in [0.2, 0.25) is 0 Å². The Hall–Kier alpha value is -3.26. The van der Waals surface area contributed by atoms with Gasteiger partial charge in [-0.05, 0) is 36.2 Å². The number of carbonyl (C=O) groups is 2. The number of nitrogens with zero attached hydrogens (tertiary/aromatic N) is 2. The van der Waals surface area contributed by atoms with Crippen molar-refractivity contribution in [3.05, 3.63) is 71.0 Å². The Bertz CT molecular complexity index is 927. The number of benzene rings is 1. The molecule has 0 unspecified atom stereocenters. The van der Waals surface area contributed by atoms with Gasteiger partial charge in [-0.25, -0.2) is 9.78 Å². The van der Waals surface area contributed by atoms with Crippen LogP contribution < -0.4 is 16.0 Å². The maximum Gasteiger partial charge on any atom is 0.325 e. The summed E-state index contributed by atoms with van der Waals surface area (Å²) in [7, 11) is 0. The lowest BCUT2D eigenvalue weighted by Gasteiger charge is -2.06. The highest BCUT2D eigenvalue weighted by atomic mass is 32.1. The van der Waals surface area contributed by atoms with Crippen molar-refractivity contribution in [2.24, 2.45) is 0 Å². The quantitative estimate of drug-likeness (QED) is 0.610. The van der Waals surface area contributed by atoms with Crippen LogP contribution in [-0.4, -0.2) is 21.9 Å². The zero-order valence-corrected chi connectivity index (χ0v) is 15.5. The zero-order chi connectivity index (χ0) is 19.1. The monoisotopic (exact) mass is 381 g/mol. The predicted octanol–water partition coefficient (Wildman–Crippen LogP) is 3.35. The molecule has 0 aliphatic heterocycles. The number of carbonyl (C=O) groups excluding carboxylic acids is 2. The van der Waals surface area contributed by atoms with Crippen LogP contribution in [0.3, 0.4) is 0 Å². The van der Waals surface area contributed by atoms with E-state index in [1.54, 1.807) is 17.8 Å². The van der Waals surface area contributed by atoms with Crippen LogP contribution in [0.15, 0.2) is 54.2 Å². The lowest BCUT2D eigenvalue weighted by molar-refractivity contribution is -0.120. The summed E-state index contributed by atoms with van der Waals surface area (Å²) in [5.41, 5.74) is 3.30. The first-order valence-electron chi connectivity index (χ1n) is 8.33. The Morgan fingerprint density at radius 1 is 1.15 bits per heavy atom. The van der Waals surface area contributed by atoms with Gasteiger partial charge in [-0.2, -0.15) is 0 Å². The Balaban J connectivity index is 1.47. The van der Waals surface area contributed by atoms with Crippen LogP contribution >= 0.6 is 11.3 Å². The molecule has 2 heterocycles. The molecule has 0 aliphatic carbocycles. The number of aromatic nitrogens is 2. The molecule has 0 spiro atoms. The number of nitrogens with one attached hydrogen (secondary N) is 3. The van der Waals surface area contributed by atoms with E-state index in [2.05, 4.69) is 25.9 Å². The van der Waals surface area contributed by atoms with Crippen molar-refractivity contribution < 1.29 is 9.59 Å². The molecule has 0 atom stereocenters. The molecule has 27 heavy (non-hydrogen) atoms. The maximum absolute atomic E-state index is 12.0. The second kappa shape index (κ2) is 8.91. The molecule has 7 nitrogen and oxygen atoms in total. The van der Waals surface area contributed by atoms with E-state index in [0.717, 1.165) is 11.1 Å². The third kappa shape index (κ3) is 5.89. The molecule has 0 radical (unpaired) electrons. The number of rotatable bonds is 6. The molecule has 3 aromatic rings. The zero-order valence-electron chi connectivity index (χ0n) is 14.7. The standard InChI is InChI=1S/C19H19N5O2S/c1-13-4-2-6-15(8-13)22-18(26)24-19-23-16(12-27-19)9-17(25)21-11-14-5-3-7-20-10-14/h2-8,10,12H,9,11H2,1H3,(H,21,25)(H2,22,23,24,26). The van der Waals surface area contributed by atoms with Gasteiger partial charge in [0, 0.05) is 30.0 Å². The van der Waals surface area contributed by atoms with E-state index in [9.17, 15) is 9.59 Å². The Kier molecular flexibility index (Phi) is 6.11. The van der Waals surface area contributed by atoms with E-state index in [4.69, 9.17) is 0 Å². The smallest absolute Gasteiger partial charge is 0.325 e. The fourth-order valence-corrected chi connectivity index (χ4v) is 3.06. The van der Waals surface area contributed by atoms with Gasteiger partial charge in [-0.3, -0.25) is 15.1 Å². The molecule has 138 valence electrons. The predicted molar refractivity (Wildman–Crippen MR) is 106 cm³/mol. The Morgan fingerprint density at radius 3 is 2.81 bits per heavy atom. The second-order valence-corrected chi connectivity index (χ2v) is 6.77. The lowest BCUT2D eigenvalue weighted by atomic mass is 10.2. The number of pyridine rings is 1. The minimum absolute atomic E-state index is 0.139. The number of anilines is 2. The van der Waals surface area contributed by atoms with Gasteiger partial charge < -0.3 is 10.6 Å². The van der Waals surface area contributed by atoms with Crippen molar-refractivity contribution in [1.29, 1.82) is 0 Å². The van der Waals surface area contributed by atoms with Gasteiger partial charge in [-0.1, -0.05) is 18.2 Å². The first kappa shape index (κ1) is 18.5. The number of hydrogen-bond donors (Lipinski definition) is 3. The molecule has 1 aromatic carbocycles. The van der Waals surface area contributed by atoms with Crippen LogP contribution in [0, 0.1) is 6.92 Å². The summed E-state index contributed by atoms with van der Waals surface area (Å²) in [5.74, 6) is -0.139. The minimum Gasteiger partial charge on any atom is -0.352 e. The van der Waals surface area contributed by atoms with Gasteiger partial charge in [0.05, 0.1) is 12.1 Å². The molecule has 0 saturated heterocycles. The van der Waals surface area contributed by atoms with Gasteiger partial charge in [0.1, 0.15) is 0 Å². The summed E-state index contributed by atoms with van der Waals surface area (Å²) < 4.78 is 0. The minimum atomic E-state index is -0.373. The summed E-state index contributed by atoms with van der Waals surface area (Å²) in [4.78, 5) is 32.3. The van der Waals surface area contributed by atoms with Gasteiger partial charge in [0.25, 0.3) is 0 Å². The topological polar surface area (TPSA) is 96.0 Å². The summed E-state index contributed by atoms with van der Waals surface area (Å²) >= 11 is 1.27. The molecule has 0 aliphatic rings. The van der Waals surface area contributed by atoms with Crippen molar-refractivity contribution >= 4 is 34.1 Å². The Labute approximate surface area is 160 Å². The van der Waals surface area contributed by atoms with Crippen molar-refractivity contribution in [2.75, 3.05) is 10.6 Å². The molecular weight excluding hydrogens is 362 g/mol. The summed E-state index contributed by atoms with van der Waals surface area (Å²) in [6.45, 7) is 2.37. The highest BCUT2D eigenvalue weighted by Crippen LogP contribution is 2.17. The van der Waals surface area contributed by atoms with E-state index in [-0.39, 0.29) is 18.4 Å². The molecule has 3 N–H and O–H groups in total. The van der Waals surface area contributed by atoms with Gasteiger partial charge in [0.2, 0.25) is 5.91 Å². The highest BCUT2D eigenvalue weighted by molar-refractivity contribution is 7.14. The largest absolute Gasteiger partial charge is 0.352 e. The van der Waals surface area contributed by atoms with Gasteiger partial charge >= 0.3 is 6.03 Å². The van der Waals surface area contributed by atoms with Crippen molar-refractivity contribution in [2.45, 2.75) is 19.9 Å². The van der Waals surface area contributed by atoms with E-state index < -0.39 is 0 Å². The van der Waals surface area contributed by atoms with Crippen LogP contribution in [0.4, 0.5) is 15.6 Å². The first-order valence-corrected chi connectivity index (χ1v) is 9.21. The SMILES string of the molecule is Cc1cccc(NC(=O)Nc2nc(CC(=O)NCc3cccnc3)cs2)c1. The molecule has 0 bridgehead atoms.